The number of piperidine rings is 1. The maximum atomic E-state index is 10.9. The lowest BCUT2D eigenvalue weighted by atomic mass is 10.0. The van der Waals surface area contributed by atoms with Crippen molar-refractivity contribution in [3.8, 4) is 11.3 Å². The van der Waals surface area contributed by atoms with Gasteiger partial charge in [-0.2, -0.15) is 0 Å². The standard InChI is InChI=1S/C18H24N4O3/c1-20(2)16-7-4-9-21(13-16)10-8-18-19-12-17(25-18)14-5-3-6-15(11-14)22(23)24/h3,5-6,11-12,16H,4,7-10,13H2,1-2H3. The first-order valence-corrected chi connectivity index (χ1v) is 8.61. The van der Waals surface area contributed by atoms with Crippen LogP contribution in [0.2, 0.25) is 0 Å². The van der Waals surface area contributed by atoms with Crippen LogP contribution in [0.5, 0.6) is 0 Å². The number of benzene rings is 1. The highest BCUT2D eigenvalue weighted by molar-refractivity contribution is 5.60. The Hall–Kier alpha value is -2.25. The van der Waals surface area contributed by atoms with Crippen LogP contribution in [0.25, 0.3) is 11.3 Å². The van der Waals surface area contributed by atoms with Crippen LogP contribution in [0.3, 0.4) is 0 Å². The average molecular weight is 344 g/mol. The topological polar surface area (TPSA) is 75.7 Å². The molecule has 0 aliphatic carbocycles. The zero-order valence-corrected chi connectivity index (χ0v) is 14.7. The van der Waals surface area contributed by atoms with E-state index in [1.165, 1.54) is 25.0 Å². The number of likely N-dealkylation sites (tertiary alicyclic amines) is 1. The number of rotatable bonds is 6. The van der Waals surface area contributed by atoms with E-state index in [4.69, 9.17) is 4.42 Å². The van der Waals surface area contributed by atoms with Gasteiger partial charge in [-0.3, -0.25) is 10.1 Å². The number of nitro benzene ring substituents is 1. The molecule has 7 nitrogen and oxygen atoms in total. The Bertz CT molecular complexity index is 729. The molecule has 1 atom stereocenters. The molecule has 1 saturated heterocycles. The molecule has 1 aliphatic heterocycles. The predicted octanol–water partition coefficient (Wildman–Crippen LogP) is 2.82. The molecule has 2 aromatic rings. The minimum Gasteiger partial charge on any atom is -0.441 e. The highest BCUT2D eigenvalue weighted by Gasteiger charge is 2.21. The van der Waals surface area contributed by atoms with Gasteiger partial charge in [-0.25, -0.2) is 4.98 Å². The molecule has 0 radical (unpaired) electrons. The van der Waals surface area contributed by atoms with Gasteiger partial charge in [0.25, 0.3) is 5.69 Å². The molecule has 1 unspecified atom stereocenters. The minimum absolute atomic E-state index is 0.0542. The number of hydrogen-bond donors (Lipinski definition) is 0. The van der Waals surface area contributed by atoms with E-state index in [0.29, 0.717) is 23.3 Å². The highest BCUT2D eigenvalue weighted by atomic mass is 16.6. The zero-order valence-electron chi connectivity index (χ0n) is 14.7. The van der Waals surface area contributed by atoms with E-state index in [1.807, 2.05) is 0 Å². The fourth-order valence-corrected chi connectivity index (χ4v) is 3.24. The lowest BCUT2D eigenvalue weighted by molar-refractivity contribution is -0.384. The molecular formula is C18H24N4O3. The number of nitrogens with zero attached hydrogens (tertiary/aromatic N) is 4. The second-order valence-electron chi connectivity index (χ2n) is 6.74. The largest absolute Gasteiger partial charge is 0.441 e. The van der Waals surface area contributed by atoms with E-state index in [0.717, 1.165) is 26.1 Å². The summed E-state index contributed by atoms with van der Waals surface area (Å²) in [5.41, 5.74) is 0.733. The first kappa shape index (κ1) is 17.6. The second-order valence-corrected chi connectivity index (χ2v) is 6.74. The van der Waals surface area contributed by atoms with E-state index >= 15 is 0 Å². The van der Waals surface area contributed by atoms with E-state index in [-0.39, 0.29) is 5.69 Å². The van der Waals surface area contributed by atoms with Crippen molar-refractivity contribution in [3.05, 3.63) is 46.5 Å². The van der Waals surface area contributed by atoms with Gasteiger partial charge in [0.15, 0.2) is 11.7 Å². The SMILES string of the molecule is CN(C)C1CCCN(CCc2ncc(-c3cccc([N+](=O)[O-])c3)o2)C1. The Morgan fingerprint density at radius 3 is 3.04 bits per heavy atom. The van der Waals surface area contributed by atoms with Gasteiger partial charge in [0.2, 0.25) is 0 Å². The molecule has 1 aliphatic rings. The number of aromatic nitrogens is 1. The fourth-order valence-electron chi connectivity index (χ4n) is 3.24. The first-order valence-electron chi connectivity index (χ1n) is 8.61. The summed E-state index contributed by atoms with van der Waals surface area (Å²) >= 11 is 0. The first-order chi connectivity index (χ1) is 12.0. The molecule has 0 N–H and O–H groups in total. The van der Waals surface area contributed by atoms with Crippen LogP contribution >= 0.6 is 0 Å². The van der Waals surface area contributed by atoms with E-state index in [2.05, 4.69) is 28.9 Å². The van der Waals surface area contributed by atoms with E-state index in [9.17, 15) is 10.1 Å². The van der Waals surface area contributed by atoms with Gasteiger partial charge in [0.1, 0.15) is 0 Å². The molecule has 0 saturated carbocycles. The molecule has 7 heteroatoms. The van der Waals surface area contributed by atoms with Crippen molar-refractivity contribution < 1.29 is 9.34 Å². The van der Waals surface area contributed by atoms with Crippen molar-refractivity contribution in [1.29, 1.82) is 0 Å². The van der Waals surface area contributed by atoms with Gasteiger partial charge in [-0.15, -0.1) is 0 Å². The van der Waals surface area contributed by atoms with E-state index in [1.54, 1.807) is 18.3 Å². The van der Waals surface area contributed by atoms with Crippen molar-refractivity contribution >= 4 is 5.69 Å². The van der Waals surface area contributed by atoms with Crippen molar-refractivity contribution in [2.24, 2.45) is 0 Å². The zero-order chi connectivity index (χ0) is 17.8. The van der Waals surface area contributed by atoms with Crippen LogP contribution in [-0.4, -0.2) is 59.5 Å². The van der Waals surface area contributed by atoms with Crippen molar-refractivity contribution in [2.75, 3.05) is 33.7 Å². The number of oxazole rings is 1. The Labute approximate surface area is 147 Å². The van der Waals surface area contributed by atoms with Crippen LogP contribution < -0.4 is 0 Å². The summed E-state index contributed by atoms with van der Waals surface area (Å²) in [5, 5.41) is 10.9. The third kappa shape index (κ3) is 4.43. The summed E-state index contributed by atoms with van der Waals surface area (Å²) in [6.45, 7) is 3.10. The van der Waals surface area contributed by atoms with Gasteiger partial charge in [-0.1, -0.05) is 12.1 Å². The molecule has 0 amide bonds. The summed E-state index contributed by atoms with van der Waals surface area (Å²) in [4.78, 5) is 19.6. The molecule has 25 heavy (non-hydrogen) atoms. The third-order valence-electron chi connectivity index (χ3n) is 4.75. The van der Waals surface area contributed by atoms with Crippen LogP contribution in [0.1, 0.15) is 18.7 Å². The Kier molecular flexibility index (Phi) is 5.45. The van der Waals surface area contributed by atoms with Crippen LogP contribution in [-0.2, 0) is 6.42 Å². The normalized spacial score (nSPS) is 18.6. The van der Waals surface area contributed by atoms with Gasteiger partial charge < -0.3 is 14.2 Å². The van der Waals surface area contributed by atoms with Gasteiger partial charge >= 0.3 is 0 Å². The second kappa shape index (κ2) is 7.76. The number of nitro groups is 1. The summed E-state index contributed by atoms with van der Waals surface area (Å²) in [6.07, 6.45) is 4.86. The summed E-state index contributed by atoms with van der Waals surface area (Å²) < 4.78 is 5.80. The Balaban J connectivity index is 1.60. The minimum atomic E-state index is -0.404. The Morgan fingerprint density at radius 2 is 2.28 bits per heavy atom. The van der Waals surface area contributed by atoms with Gasteiger partial charge in [0, 0.05) is 43.2 Å². The van der Waals surface area contributed by atoms with Crippen LogP contribution in [0, 0.1) is 10.1 Å². The van der Waals surface area contributed by atoms with Gasteiger partial charge in [-0.05, 0) is 33.5 Å². The summed E-state index contributed by atoms with van der Waals surface area (Å²) in [5.74, 6) is 1.25. The maximum Gasteiger partial charge on any atom is 0.270 e. The smallest absolute Gasteiger partial charge is 0.270 e. The molecule has 134 valence electrons. The lowest BCUT2D eigenvalue weighted by Crippen LogP contribution is -2.45. The average Bonchev–Trinajstić information content (AvgIpc) is 3.09. The number of hydrogen-bond acceptors (Lipinski definition) is 6. The van der Waals surface area contributed by atoms with Crippen LogP contribution in [0.15, 0.2) is 34.9 Å². The number of non-ortho nitro benzene ring substituents is 1. The van der Waals surface area contributed by atoms with Crippen molar-refractivity contribution in [1.82, 2.24) is 14.8 Å². The maximum absolute atomic E-state index is 10.9. The quantitative estimate of drug-likeness (QED) is 0.592. The molecule has 1 aromatic heterocycles. The summed E-state index contributed by atoms with van der Waals surface area (Å²) in [7, 11) is 4.27. The lowest BCUT2D eigenvalue weighted by Gasteiger charge is -2.35. The third-order valence-corrected chi connectivity index (χ3v) is 4.75. The Morgan fingerprint density at radius 1 is 1.44 bits per heavy atom. The molecule has 1 aromatic carbocycles. The molecule has 0 bridgehead atoms. The van der Waals surface area contributed by atoms with Gasteiger partial charge in [0.05, 0.1) is 11.1 Å². The molecular weight excluding hydrogens is 320 g/mol. The monoisotopic (exact) mass is 344 g/mol. The van der Waals surface area contributed by atoms with E-state index < -0.39 is 4.92 Å². The molecule has 1 fully saturated rings. The summed E-state index contributed by atoms with van der Waals surface area (Å²) in [6, 6.07) is 7.04. The van der Waals surface area contributed by atoms with Crippen molar-refractivity contribution in [2.45, 2.75) is 25.3 Å². The predicted molar refractivity (Wildman–Crippen MR) is 95.4 cm³/mol. The molecule has 0 spiro atoms. The highest BCUT2D eigenvalue weighted by Crippen LogP contribution is 2.24. The number of likely N-dealkylation sites (N-methyl/N-ethyl adjacent to an activating group) is 1. The van der Waals surface area contributed by atoms with Crippen molar-refractivity contribution in [3.63, 3.8) is 0 Å². The molecule has 3 rings (SSSR count). The fraction of sp³-hybridized carbons (Fsp3) is 0.500. The van der Waals surface area contributed by atoms with Crippen LogP contribution in [0.4, 0.5) is 5.69 Å². The molecule has 2 heterocycles.